The zero-order chi connectivity index (χ0) is 11.5. The SMILES string of the molecule is Cc1cc(/C=C(\N)c2ccc(Cl)cc2)on1. The molecule has 2 N–H and O–H groups in total. The van der Waals surface area contributed by atoms with E-state index in [1.165, 1.54) is 0 Å². The molecular formula is C12H11ClN2O. The molecule has 0 saturated heterocycles. The van der Waals surface area contributed by atoms with Crippen LogP contribution in [0.3, 0.4) is 0 Å². The standard InChI is InChI=1S/C12H11ClN2O/c1-8-6-11(16-15-8)7-12(14)9-2-4-10(13)5-3-9/h2-7H,14H2,1H3/b12-7-. The Kier molecular flexibility index (Phi) is 2.97. The van der Waals surface area contributed by atoms with Crippen molar-refractivity contribution >= 4 is 23.4 Å². The van der Waals surface area contributed by atoms with Gasteiger partial charge in [-0.1, -0.05) is 28.9 Å². The van der Waals surface area contributed by atoms with Crippen LogP contribution in [0.2, 0.25) is 5.02 Å². The molecule has 0 bridgehead atoms. The number of nitrogens with zero attached hydrogens (tertiary/aromatic N) is 1. The number of nitrogens with two attached hydrogens (primary N) is 1. The number of hydrogen-bond acceptors (Lipinski definition) is 3. The molecule has 0 spiro atoms. The average Bonchev–Trinajstić information content (AvgIpc) is 2.65. The Balaban J connectivity index is 2.27. The smallest absolute Gasteiger partial charge is 0.161 e. The van der Waals surface area contributed by atoms with Crippen molar-refractivity contribution < 1.29 is 4.52 Å². The van der Waals surface area contributed by atoms with E-state index in [-0.39, 0.29) is 0 Å². The summed E-state index contributed by atoms with van der Waals surface area (Å²) in [5, 5.41) is 4.47. The number of rotatable bonds is 2. The second-order valence-corrected chi connectivity index (χ2v) is 3.91. The van der Waals surface area contributed by atoms with Gasteiger partial charge in [-0.25, -0.2) is 0 Å². The zero-order valence-electron chi connectivity index (χ0n) is 8.77. The molecule has 0 fully saturated rings. The van der Waals surface area contributed by atoms with Gasteiger partial charge >= 0.3 is 0 Å². The second kappa shape index (κ2) is 4.41. The Labute approximate surface area is 98.5 Å². The number of hydrogen-bond donors (Lipinski definition) is 1. The fourth-order valence-electron chi connectivity index (χ4n) is 1.33. The minimum atomic E-state index is 0.618. The second-order valence-electron chi connectivity index (χ2n) is 3.48. The first-order valence-corrected chi connectivity index (χ1v) is 5.19. The van der Waals surface area contributed by atoms with E-state index in [0.29, 0.717) is 16.5 Å². The highest BCUT2D eigenvalue weighted by atomic mass is 35.5. The molecule has 0 aliphatic heterocycles. The van der Waals surface area contributed by atoms with Gasteiger partial charge in [0.2, 0.25) is 0 Å². The lowest BCUT2D eigenvalue weighted by Crippen LogP contribution is -1.95. The summed E-state index contributed by atoms with van der Waals surface area (Å²) in [6.45, 7) is 1.86. The topological polar surface area (TPSA) is 52.0 Å². The van der Waals surface area contributed by atoms with Crippen LogP contribution in [0.1, 0.15) is 17.0 Å². The Hall–Kier alpha value is -1.74. The van der Waals surface area contributed by atoms with Crippen molar-refractivity contribution in [2.24, 2.45) is 5.73 Å². The van der Waals surface area contributed by atoms with Crippen LogP contribution in [-0.2, 0) is 0 Å². The van der Waals surface area contributed by atoms with E-state index in [4.69, 9.17) is 21.9 Å². The molecule has 0 saturated carbocycles. The molecular weight excluding hydrogens is 224 g/mol. The van der Waals surface area contributed by atoms with E-state index < -0.39 is 0 Å². The Bertz CT molecular complexity index is 514. The molecule has 0 aliphatic rings. The summed E-state index contributed by atoms with van der Waals surface area (Å²) in [6.07, 6.45) is 1.74. The molecule has 0 radical (unpaired) electrons. The quantitative estimate of drug-likeness (QED) is 0.869. The van der Waals surface area contributed by atoms with Crippen LogP contribution in [0.15, 0.2) is 34.9 Å². The molecule has 2 rings (SSSR count). The van der Waals surface area contributed by atoms with E-state index in [1.807, 2.05) is 25.1 Å². The monoisotopic (exact) mass is 234 g/mol. The zero-order valence-corrected chi connectivity index (χ0v) is 9.53. The summed E-state index contributed by atoms with van der Waals surface area (Å²) in [6, 6.07) is 9.13. The molecule has 2 aromatic rings. The molecule has 1 aromatic heterocycles. The summed E-state index contributed by atoms with van der Waals surface area (Å²) >= 11 is 5.79. The van der Waals surface area contributed by atoms with Gasteiger partial charge in [0, 0.05) is 22.9 Å². The van der Waals surface area contributed by atoms with Gasteiger partial charge < -0.3 is 10.3 Å². The molecule has 0 unspecified atom stereocenters. The van der Waals surface area contributed by atoms with Gasteiger partial charge in [-0.05, 0) is 24.6 Å². The largest absolute Gasteiger partial charge is 0.398 e. The third kappa shape index (κ3) is 2.44. The molecule has 3 nitrogen and oxygen atoms in total. The predicted molar refractivity (Wildman–Crippen MR) is 64.8 cm³/mol. The van der Waals surface area contributed by atoms with Gasteiger partial charge in [0.15, 0.2) is 5.76 Å². The van der Waals surface area contributed by atoms with Crippen molar-refractivity contribution in [1.82, 2.24) is 5.16 Å². The Morgan fingerprint density at radius 1 is 1.38 bits per heavy atom. The molecule has 1 heterocycles. The minimum absolute atomic E-state index is 0.618. The van der Waals surface area contributed by atoms with Crippen molar-refractivity contribution in [2.75, 3.05) is 0 Å². The normalized spacial score (nSPS) is 11.8. The number of benzene rings is 1. The van der Waals surface area contributed by atoms with Crippen LogP contribution in [-0.4, -0.2) is 5.16 Å². The molecule has 0 amide bonds. The lowest BCUT2D eigenvalue weighted by atomic mass is 10.1. The van der Waals surface area contributed by atoms with Crippen LogP contribution in [0.4, 0.5) is 0 Å². The highest BCUT2D eigenvalue weighted by Gasteiger charge is 2.00. The maximum atomic E-state index is 5.92. The number of aromatic nitrogens is 1. The fraction of sp³-hybridized carbons (Fsp3) is 0.0833. The van der Waals surface area contributed by atoms with Crippen molar-refractivity contribution in [3.63, 3.8) is 0 Å². The lowest BCUT2D eigenvalue weighted by molar-refractivity contribution is 0.408. The van der Waals surface area contributed by atoms with Crippen molar-refractivity contribution in [1.29, 1.82) is 0 Å². The van der Waals surface area contributed by atoms with Crippen LogP contribution < -0.4 is 5.73 Å². The number of aryl methyl sites for hydroxylation is 1. The van der Waals surface area contributed by atoms with E-state index in [1.54, 1.807) is 18.2 Å². The molecule has 0 atom stereocenters. The van der Waals surface area contributed by atoms with Crippen LogP contribution >= 0.6 is 11.6 Å². The van der Waals surface area contributed by atoms with E-state index in [2.05, 4.69) is 5.16 Å². The van der Waals surface area contributed by atoms with Gasteiger partial charge in [0.25, 0.3) is 0 Å². The average molecular weight is 235 g/mol. The lowest BCUT2D eigenvalue weighted by Gasteiger charge is -2.00. The third-order valence-electron chi connectivity index (χ3n) is 2.12. The predicted octanol–water partition coefficient (Wildman–Crippen LogP) is 3.09. The fourth-order valence-corrected chi connectivity index (χ4v) is 1.46. The van der Waals surface area contributed by atoms with E-state index >= 15 is 0 Å². The maximum Gasteiger partial charge on any atom is 0.161 e. The summed E-state index contributed by atoms with van der Waals surface area (Å²) in [4.78, 5) is 0. The van der Waals surface area contributed by atoms with E-state index in [0.717, 1.165) is 11.3 Å². The molecule has 4 heteroatoms. The number of halogens is 1. The molecule has 82 valence electrons. The van der Waals surface area contributed by atoms with Gasteiger partial charge in [-0.3, -0.25) is 0 Å². The van der Waals surface area contributed by atoms with Gasteiger partial charge in [-0.15, -0.1) is 0 Å². The van der Waals surface area contributed by atoms with Crippen molar-refractivity contribution in [2.45, 2.75) is 6.92 Å². The van der Waals surface area contributed by atoms with Gasteiger partial charge in [0.1, 0.15) is 0 Å². The highest BCUT2D eigenvalue weighted by Crippen LogP contribution is 2.16. The summed E-state index contributed by atoms with van der Waals surface area (Å²) in [7, 11) is 0. The highest BCUT2D eigenvalue weighted by molar-refractivity contribution is 6.30. The molecule has 16 heavy (non-hydrogen) atoms. The maximum absolute atomic E-state index is 5.92. The Morgan fingerprint density at radius 2 is 2.06 bits per heavy atom. The first-order chi connectivity index (χ1) is 7.65. The summed E-state index contributed by atoms with van der Waals surface area (Å²) < 4.78 is 5.05. The molecule has 0 aliphatic carbocycles. The van der Waals surface area contributed by atoms with Crippen LogP contribution in [0, 0.1) is 6.92 Å². The van der Waals surface area contributed by atoms with Gasteiger partial charge in [-0.2, -0.15) is 0 Å². The summed E-state index contributed by atoms with van der Waals surface area (Å²) in [5.41, 5.74) is 8.27. The first-order valence-electron chi connectivity index (χ1n) is 4.81. The van der Waals surface area contributed by atoms with E-state index in [9.17, 15) is 0 Å². The minimum Gasteiger partial charge on any atom is -0.398 e. The third-order valence-corrected chi connectivity index (χ3v) is 2.37. The van der Waals surface area contributed by atoms with Gasteiger partial charge in [0.05, 0.1) is 5.69 Å². The Morgan fingerprint density at radius 3 is 2.62 bits per heavy atom. The molecule has 1 aromatic carbocycles. The summed E-state index contributed by atoms with van der Waals surface area (Å²) in [5.74, 6) is 0.643. The first kappa shape index (κ1) is 10.8. The van der Waals surface area contributed by atoms with Crippen LogP contribution in [0.5, 0.6) is 0 Å². The van der Waals surface area contributed by atoms with Crippen LogP contribution in [0.25, 0.3) is 11.8 Å². The van der Waals surface area contributed by atoms with Crippen molar-refractivity contribution in [3.8, 4) is 0 Å². The van der Waals surface area contributed by atoms with Crippen molar-refractivity contribution in [3.05, 3.63) is 52.4 Å².